The number of sulfonamides is 1. The van der Waals surface area contributed by atoms with Gasteiger partial charge in [-0.05, 0) is 40.1 Å². The van der Waals surface area contributed by atoms with Crippen molar-refractivity contribution in [2.24, 2.45) is 0 Å². The van der Waals surface area contributed by atoms with Crippen molar-refractivity contribution in [3.63, 3.8) is 0 Å². The molecule has 0 amide bonds. The van der Waals surface area contributed by atoms with Gasteiger partial charge in [0, 0.05) is 11.6 Å². The molecule has 0 spiro atoms. The van der Waals surface area contributed by atoms with Gasteiger partial charge in [0.1, 0.15) is 0 Å². The summed E-state index contributed by atoms with van der Waals surface area (Å²) in [5.41, 5.74) is 1.32. The molecular formula is C13H14ClNO3S2. The zero-order valence-electron chi connectivity index (χ0n) is 10.5. The van der Waals surface area contributed by atoms with Crippen molar-refractivity contribution < 1.29 is 13.5 Å². The lowest BCUT2D eigenvalue weighted by Crippen LogP contribution is -2.29. The predicted octanol–water partition coefficient (Wildman–Crippen LogP) is 2.55. The first kappa shape index (κ1) is 15.5. The number of hydrogen-bond donors (Lipinski definition) is 2. The maximum atomic E-state index is 11.9. The molecule has 1 aromatic heterocycles. The quantitative estimate of drug-likeness (QED) is 0.855. The molecule has 1 atom stereocenters. The second-order valence-electron chi connectivity index (χ2n) is 4.31. The first-order valence-corrected chi connectivity index (χ1v) is 8.85. The smallest absolute Gasteiger partial charge is 0.215 e. The molecule has 0 saturated heterocycles. The third-order valence-corrected chi connectivity index (χ3v) is 4.93. The molecule has 1 heterocycles. The molecule has 20 heavy (non-hydrogen) atoms. The van der Waals surface area contributed by atoms with Crippen LogP contribution in [0.5, 0.6) is 0 Å². The van der Waals surface area contributed by atoms with Crippen molar-refractivity contribution in [2.45, 2.75) is 11.9 Å². The minimum Gasteiger partial charge on any atom is -0.387 e. The Kier molecular flexibility index (Phi) is 5.17. The third-order valence-electron chi connectivity index (χ3n) is 2.67. The van der Waals surface area contributed by atoms with Crippen LogP contribution in [0.1, 0.15) is 17.2 Å². The van der Waals surface area contributed by atoms with E-state index < -0.39 is 16.1 Å². The Morgan fingerprint density at radius 1 is 1.35 bits per heavy atom. The number of rotatable bonds is 6. The molecule has 0 aliphatic rings. The monoisotopic (exact) mass is 331 g/mol. The Balaban J connectivity index is 1.94. The van der Waals surface area contributed by atoms with Crippen LogP contribution in [-0.4, -0.2) is 20.1 Å². The zero-order valence-corrected chi connectivity index (χ0v) is 12.9. The summed E-state index contributed by atoms with van der Waals surface area (Å²) in [7, 11) is -3.50. The summed E-state index contributed by atoms with van der Waals surface area (Å²) in [6.45, 7) is -0.0420. The average molecular weight is 332 g/mol. The van der Waals surface area contributed by atoms with Gasteiger partial charge in [-0.2, -0.15) is 11.3 Å². The molecule has 1 aromatic carbocycles. The molecule has 2 aromatic rings. The highest BCUT2D eigenvalue weighted by Gasteiger charge is 2.15. The second-order valence-corrected chi connectivity index (χ2v) is 7.33. The highest BCUT2D eigenvalue weighted by Crippen LogP contribution is 2.16. The van der Waals surface area contributed by atoms with E-state index in [0.29, 0.717) is 16.1 Å². The summed E-state index contributed by atoms with van der Waals surface area (Å²) in [6, 6.07) is 8.45. The Morgan fingerprint density at radius 3 is 2.80 bits per heavy atom. The van der Waals surface area contributed by atoms with Gasteiger partial charge in [-0.1, -0.05) is 23.7 Å². The van der Waals surface area contributed by atoms with E-state index in [4.69, 9.17) is 11.6 Å². The molecular weight excluding hydrogens is 318 g/mol. The first-order valence-electron chi connectivity index (χ1n) is 5.88. The number of hydrogen-bond acceptors (Lipinski definition) is 4. The molecule has 2 rings (SSSR count). The molecule has 0 bridgehead atoms. The van der Waals surface area contributed by atoms with Crippen molar-refractivity contribution in [1.82, 2.24) is 4.72 Å². The molecule has 4 nitrogen and oxygen atoms in total. The van der Waals surface area contributed by atoms with E-state index >= 15 is 0 Å². The molecule has 0 radical (unpaired) electrons. The maximum Gasteiger partial charge on any atom is 0.215 e. The van der Waals surface area contributed by atoms with E-state index in [1.54, 1.807) is 35.7 Å². The summed E-state index contributed by atoms with van der Waals surface area (Å²) in [6.07, 6.45) is -0.838. The van der Waals surface area contributed by atoms with Crippen LogP contribution in [0.25, 0.3) is 0 Å². The minimum atomic E-state index is -3.50. The molecule has 0 fully saturated rings. The summed E-state index contributed by atoms with van der Waals surface area (Å²) in [4.78, 5) is 0. The number of aliphatic hydroxyl groups excluding tert-OH is 1. The Labute approximate surface area is 127 Å². The Hall–Kier alpha value is -0.920. The summed E-state index contributed by atoms with van der Waals surface area (Å²) in [5, 5.41) is 14.0. The van der Waals surface area contributed by atoms with Crippen LogP contribution in [0.3, 0.4) is 0 Å². The number of aliphatic hydroxyl groups is 1. The molecule has 2 N–H and O–H groups in total. The van der Waals surface area contributed by atoms with Gasteiger partial charge in [-0.15, -0.1) is 0 Å². The van der Waals surface area contributed by atoms with Crippen LogP contribution in [0.15, 0.2) is 41.1 Å². The van der Waals surface area contributed by atoms with Crippen molar-refractivity contribution in [3.8, 4) is 0 Å². The number of benzene rings is 1. The molecule has 108 valence electrons. The van der Waals surface area contributed by atoms with Crippen molar-refractivity contribution >= 4 is 33.0 Å². The summed E-state index contributed by atoms with van der Waals surface area (Å²) >= 11 is 7.27. The second kappa shape index (κ2) is 6.69. The van der Waals surface area contributed by atoms with Crippen LogP contribution >= 0.6 is 22.9 Å². The summed E-state index contributed by atoms with van der Waals surface area (Å²) < 4.78 is 26.2. The van der Waals surface area contributed by atoms with Gasteiger partial charge >= 0.3 is 0 Å². The normalized spacial score (nSPS) is 13.3. The fourth-order valence-electron chi connectivity index (χ4n) is 1.69. The van der Waals surface area contributed by atoms with Gasteiger partial charge in [-0.25, -0.2) is 13.1 Å². The average Bonchev–Trinajstić information content (AvgIpc) is 2.89. The van der Waals surface area contributed by atoms with E-state index in [-0.39, 0.29) is 12.3 Å². The van der Waals surface area contributed by atoms with Gasteiger partial charge < -0.3 is 5.11 Å². The van der Waals surface area contributed by atoms with Crippen molar-refractivity contribution in [3.05, 3.63) is 57.2 Å². The Morgan fingerprint density at radius 2 is 2.15 bits per heavy atom. The number of halogens is 1. The van der Waals surface area contributed by atoms with E-state index in [9.17, 15) is 13.5 Å². The predicted molar refractivity (Wildman–Crippen MR) is 81.4 cm³/mol. The molecule has 0 aliphatic carbocycles. The lowest BCUT2D eigenvalue weighted by molar-refractivity contribution is 0.182. The molecule has 0 saturated carbocycles. The van der Waals surface area contributed by atoms with E-state index in [2.05, 4.69) is 4.72 Å². The minimum absolute atomic E-state index is 0.0420. The van der Waals surface area contributed by atoms with Crippen LogP contribution < -0.4 is 4.72 Å². The van der Waals surface area contributed by atoms with E-state index in [1.165, 1.54) is 11.3 Å². The third kappa shape index (κ3) is 4.57. The van der Waals surface area contributed by atoms with Gasteiger partial charge in [0.05, 0.1) is 11.9 Å². The fraction of sp³-hybridized carbons (Fsp3) is 0.231. The fourth-order valence-corrected chi connectivity index (χ4v) is 3.74. The highest BCUT2D eigenvalue weighted by molar-refractivity contribution is 7.88. The topological polar surface area (TPSA) is 66.4 Å². The number of nitrogens with one attached hydrogen (secondary N) is 1. The first-order chi connectivity index (χ1) is 9.46. The standard InChI is InChI=1S/C13H14ClNO3S2/c14-12-3-1-2-10(6-12)9-20(17,18)15-7-13(16)11-4-5-19-8-11/h1-6,8,13,15-16H,7,9H2. The molecule has 1 unspecified atom stereocenters. The molecule has 7 heteroatoms. The van der Waals surface area contributed by atoms with E-state index in [1.807, 2.05) is 5.38 Å². The summed E-state index contributed by atoms with van der Waals surface area (Å²) in [5.74, 6) is -0.163. The lowest BCUT2D eigenvalue weighted by Gasteiger charge is -2.11. The highest BCUT2D eigenvalue weighted by atomic mass is 35.5. The SMILES string of the molecule is O=S(=O)(Cc1cccc(Cl)c1)NCC(O)c1ccsc1. The number of thiophene rings is 1. The largest absolute Gasteiger partial charge is 0.387 e. The van der Waals surface area contributed by atoms with Gasteiger partial charge in [0.15, 0.2) is 0 Å². The zero-order chi connectivity index (χ0) is 14.6. The van der Waals surface area contributed by atoms with Gasteiger partial charge in [0.2, 0.25) is 10.0 Å². The van der Waals surface area contributed by atoms with Gasteiger partial charge in [0.25, 0.3) is 0 Å². The van der Waals surface area contributed by atoms with E-state index in [0.717, 1.165) is 0 Å². The van der Waals surface area contributed by atoms with Crippen LogP contribution in [-0.2, 0) is 15.8 Å². The van der Waals surface area contributed by atoms with Crippen molar-refractivity contribution in [2.75, 3.05) is 6.54 Å². The van der Waals surface area contributed by atoms with Crippen molar-refractivity contribution in [1.29, 1.82) is 0 Å². The maximum absolute atomic E-state index is 11.9. The van der Waals surface area contributed by atoms with Crippen LogP contribution in [0.4, 0.5) is 0 Å². The Bertz CT molecular complexity index is 656. The lowest BCUT2D eigenvalue weighted by atomic mass is 10.2. The molecule has 0 aliphatic heterocycles. The van der Waals surface area contributed by atoms with Crippen LogP contribution in [0, 0.1) is 0 Å². The van der Waals surface area contributed by atoms with Gasteiger partial charge in [-0.3, -0.25) is 0 Å². The van der Waals surface area contributed by atoms with Crippen LogP contribution in [0.2, 0.25) is 5.02 Å².